The number of hydrazone groups is 1. The molecule has 152 valence electrons. The van der Waals surface area contributed by atoms with Gasteiger partial charge in [-0.05, 0) is 18.6 Å². The number of oxazole rings is 1. The molecule has 0 unspecified atom stereocenters. The van der Waals surface area contributed by atoms with E-state index in [4.69, 9.17) is 14.1 Å². The summed E-state index contributed by atoms with van der Waals surface area (Å²) in [6.07, 6.45) is 4.90. The van der Waals surface area contributed by atoms with Gasteiger partial charge in [-0.2, -0.15) is 10.1 Å². The number of fused-ring (bicyclic) bond motifs is 1. The Hall–Kier alpha value is -3.30. The fraction of sp³-hybridized carbons (Fsp3) is 0.238. The van der Waals surface area contributed by atoms with Crippen molar-refractivity contribution in [3.05, 3.63) is 54.0 Å². The van der Waals surface area contributed by atoms with E-state index in [9.17, 15) is 0 Å². The van der Waals surface area contributed by atoms with Gasteiger partial charge in [0.1, 0.15) is 0 Å². The first-order valence-corrected chi connectivity index (χ1v) is 10.5. The van der Waals surface area contributed by atoms with Gasteiger partial charge < -0.3 is 14.1 Å². The molecule has 4 heterocycles. The standard InChI is InChI=1S/C21H20N6O2S/c1-14-3-2-4-15(9-14)11-23-26-21-24-16-10-18(17-12-22-13-29-17)30-19(16)20(25-21)27-5-7-28-8-6-27/h2-4,9-13H,5-8H2,1H3,(H,24,25,26)/b23-11+. The van der Waals surface area contributed by atoms with Gasteiger partial charge in [-0.25, -0.2) is 15.4 Å². The van der Waals surface area contributed by atoms with Crippen LogP contribution in [0.25, 0.3) is 20.9 Å². The van der Waals surface area contributed by atoms with Gasteiger partial charge >= 0.3 is 0 Å². The van der Waals surface area contributed by atoms with Crippen LogP contribution in [0.3, 0.4) is 0 Å². The highest BCUT2D eigenvalue weighted by molar-refractivity contribution is 7.22. The highest BCUT2D eigenvalue weighted by Crippen LogP contribution is 2.38. The van der Waals surface area contributed by atoms with Crippen molar-refractivity contribution in [2.45, 2.75) is 6.92 Å². The maximum atomic E-state index is 5.51. The molecule has 1 aromatic carbocycles. The molecule has 0 atom stereocenters. The predicted octanol–water partition coefficient (Wildman–Crippen LogP) is 3.94. The number of nitrogens with zero attached hydrogens (tertiary/aromatic N) is 5. The molecule has 1 aliphatic heterocycles. The number of thiophene rings is 1. The van der Waals surface area contributed by atoms with E-state index >= 15 is 0 Å². The maximum absolute atomic E-state index is 5.51. The molecule has 3 aromatic heterocycles. The molecule has 0 bridgehead atoms. The smallest absolute Gasteiger partial charge is 0.246 e. The Morgan fingerprint density at radius 1 is 1.20 bits per heavy atom. The summed E-state index contributed by atoms with van der Waals surface area (Å²) in [5, 5.41) is 4.33. The number of ether oxygens (including phenoxy) is 1. The Morgan fingerprint density at radius 3 is 2.90 bits per heavy atom. The summed E-state index contributed by atoms with van der Waals surface area (Å²) in [5.74, 6) is 2.06. The van der Waals surface area contributed by atoms with E-state index in [1.54, 1.807) is 23.7 Å². The Balaban J connectivity index is 1.50. The lowest BCUT2D eigenvalue weighted by Gasteiger charge is -2.28. The summed E-state index contributed by atoms with van der Waals surface area (Å²) < 4.78 is 12.0. The highest BCUT2D eigenvalue weighted by atomic mass is 32.1. The highest BCUT2D eigenvalue weighted by Gasteiger charge is 2.20. The number of hydrogen-bond donors (Lipinski definition) is 1. The number of hydrogen-bond acceptors (Lipinski definition) is 9. The molecule has 30 heavy (non-hydrogen) atoms. The third-order valence-corrected chi connectivity index (χ3v) is 5.89. The van der Waals surface area contributed by atoms with Gasteiger partial charge in [0.15, 0.2) is 18.0 Å². The van der Waals surface area contributed by atoms with Crippen molar-refractivity contribution in [3.63, 3.8) is 0 Å². The van der Waals surface area contributed by atoms with Crippen LogP contribution in [0.15, 0.2) is 52.4 Å². The van der Waals surface area contributed by atoms with Crippen molar-refractivity contribution in [2.24, 2.45) is 5.10 Å². The van der Waals surface area contributed by atoms with Gasteiger partial charge in [-0.15, -0.1) is 11.3 Å². The van der Waals surface area contributed by atoms with E-state index in [1.165, 1.54) is 12.0 Å². The predicted molar refractivity (Wildman–Crippen MR) is 118 cm³/mol. The molecule has 9 heteroatoms. The van der Waals surface area contributed by atoms with Crippen LogP contribution in [-0.4, -0.2) is 47.5 Å². The second-order valence-corrected chi connectivity index (χ2v) is 8.00. The fourth-order valence-corrected chi connectivity index (χ4v) is 4.40. The largest absolute Gasteiger partial charge is 0.443 e. The summed E-state index contributed by atoms with van der Waals surface area (Å²) in [5.41, 5.74) is 6.03. The Bertz CT molecular complexity index is 1180. The first-order chi connectivity index (χ1) is 14.8. The monoisotopic (exact) mass is 420 g/mol. The SMILES string of the molecule is Cc1cccc(/C=N/Nc2nc(N3CCOCC3)c3sc(-c4cnco4)cc3n2)c1. The van der Waals surface area contributed by atoms with E-state index in [1.807, 2.05) is 18.2 Å². The van der Waals surface area contributed by atoms with Gasteiger partial charge in [0, 0.05) is 13.1 Å². The van der Waals surface area contributed by atoms with Gasteiger partial charge in [0.2, 0.25) is 5.95 Å². The molecular formula is C21H20N6O2S. The summed E-state index contributed by atoms with van der Waals surface area (Å²) in [6, 6.07) is 10.1. The van der Waals surface area contributed by atoms with Crippen molar-refractivity contribution in [1.29, 1.82) is 0 Å². The quantitative estimate of drug-likeness (QED) is 0.386. The lowest BCUT2D eigenvalue weighted by atomic mass is 10.2. The van der Waals surface area contributed by atoms with Crippen LogP contribution in [0.4, 0.5) is 11.8 Å². The van der Waals surface area contributed by atoms with E-state index in [0.29, 0.717) is 19.2 Å². The Labute approximate surface area is 177 Å². The van der Waals surface area contributed by atoms with Crippen molar-refractivity contribution in [2.75, 3.05) is 36.6 Å². The molecule has 1 saturated heterocycles. The average molecular weight is 420 g/mol. The first kappa shape index (κ1) is 18.7. The number of rotatable bonds is 5. The Morgan fingerprint density at radius 2 is 2.10 bits per heavy atom. The minimum absolute atomic E-state index is 0.454. The van der Waals surface area contributed by atoms with Crippen molar-refractivity contribution in [3.8, 4) is 10.6 Å². The molecule has 0 radical (unpaired) electrons. The summed E-state index contributed by atoms with van der Waals surface area (Å²) >= 11 is 1.60. The summed E-state index contributed by atoms with van der Waals surface area (Å²) in [4.78, 5) is 16.6. The summed E-state index contributed by atoms with van der Waals surface area (Å²) in [6.45, 7) is 4.99. The molecule has 1 N–H and O–H groups in total. The van der Waals surface area contributed by atoms with Crippen molar-refractivity contribution >= 4 is 39.5 Å². The minimum atomic E-state index is 0.454. The number of aromatic nitrogens is 3. The zero-order valence-electron chi connectivity index (χ0n) is 16.4. The van der Waals surface area contributed by atoms with E-state index < -0.39 is 0 Å². The number of nitrogens with one attached hydrogen (secondary N) is 1. The number of aryl methyl sites for hydroxylation is 1. The van der Waals surface area contributed by atoms with Crippen LogP contribution in [0.5, 0.6) is 0 Å². The topological polar surface area (TPSA) is 88.7 Å². The lowest BCUT2D eigenvalue weighted by molar-refractivity contribution is 0.122. The van der Waals surface area contributed by atoms with Gasteiger partial charge in [-0.1, -0.05) is 29.8 Å². The van der Waals surface area contributed by atoms with Crippen molar-refractivity contribution < 1.29 is 9.15 Å². The zero-order chi connectivity index (χ0) is 20.3. The number of benzene rings is 1. The van der Waals surface area contributed by atoms with E-state index in [-0.39, 0.29) is 0 Å². The third kappa shape index (κ3) is 3.89. The van der Waals surface area contributed by atoms with Crippen LogP contribution < -0.4 is 10.3 Å². The van der Waals surface area contributed by atoms with E-state index in [0.717, 1.165) is 45.3 Å². The second kappa shape index (κ2) is 8.21. The van der Waals surface area contributed by atoms with Crippen LogP contribution in [0.2, 0.25) is 0 Å². The fourth-order valence-electron chi connectivity index (χ4n) is 3.33. The number of morpholine rings is 1. The van der Waals surface area contributed by atoms with Crippen LogP contribution in [0, 0.1) is 6.92 Å². The van der Waals surface area contributed by atoms with Gasteiger partial charge in [-0.3, -0.25) is 0 Å². The van der Waals surface area contributed by atoms with E-state index in [2.05, 4.69) is 44.5 Å². The molecule has 0 amide bonds. The molecule has 5 rings (SSSR count). The van der Waals surface area contributed by atoms with Crippen LogP contribution >= 0.6 is 11.3 Å². The molecule has 0 spiro atoms. The maximum Gasteiger partial charge on any atom is 0.246 e. The third-order valence-electron chi connectivity index (χ3n) is 4.76. The molecular weight excluding hydrogens is 400 g/mol. The molecule has 1 aliphatic rings. The molecule has 4 aromatic rings. The Kier molecular flexibility index (Phi) is 5.12. The van der Waals surface area contributed by atoms with Gasteiger partial charge in [0.25, 0.3) is 0 Å². The van der Waals surface area contributed by atoms with Crippen LogP contribution in [-0.2, 0) is 4.74 Å². The normalized spacial score (nSPS) is 14.6. The van der Waals surface area contributed by atoms with Crippen LogP contribution in [0.1, 0.15) is 11.1 Å². The van der Waals surface area contributed by atoms with Gasteiger partial charge in [0.05, 0.1) is 40.7 Å². The number of anilines is 2. The molecule has 0 saturated carbocycles. The first-order valence-electron chi connectivity index (χ1n) is 9.65. The molecule has 8 nitrogen and oxygen atoms in total. The van der Waals surface area contributed by atoms with Crippen molar-refractivity contribution in [1.82, 2.24) is 15.0 Å². The molecule has 0 aliphatic carbocycles. The lowest BCUT2D eigenvalue weighted by Crippen LogP contribution is -2.36. The molecule has 1 fully saturated rings. The average Bonchev–Trinajstić information content (AvgIpc) is 3.44. The minimum Gasteiger partial charge on any atom is -0.443 e. The summed E-state index contributed by atoms with van der Waals surface area (Å²) in [7, 11) is 0. The zero-order valence-corrected chi connectivity index (χ0v) is 17.2. The second-order valence-electron chi connectivity index (χ2n) is 6.95.